The monoisotopic (exact) mass is 177 g/mol. The van der Waals surface area contributed by atoms with Crippen LogP contribution in [0.3, 0.4) is 0 Å². The zero-order chi connectivity index (χ0) is 8.53. The van der Waals surface area contributed by atoms with E-state index in [1.165, 1.54) is 25.7 Å². The highest BCUT2D eigenvalue weighted by molar-refractivity contribution is 6.20. The first-order valence-corrected chi connectivity index (χ1v) is 4.97. The van der Waals surface area contributed by atoms with E-state index in [-0.39, 0.29) is 12.0 Å². The van der Waals surface area contributed by atoms with Gasteiger partial charge in [0.15, 0.2) is 0 Å². The summed E-state index contributed by atoms with van der Waals surface area (Å²) in [5.74, 6) is 0. The Morgan fingerprint density at radius 1 is 1.18 bits per heavy atom. The zero-order valence-electron chi connectivity index (χ0n) is 7.31. The quantitative estimate of drug-likeness (QED) is 0.420. The SMILES string of the molecule is CCCCCCCC(Cl)C[O]. The van der Waals surface area contributed by atoms with E-state index in [0.29, 0.717) is 0 Å². The molecule has 0 saturated carbocycles. The van der Waals surface area contributed by atoms with Crippen LogP contribution < -0.4 is 0 Å². The largest absolute Gasteiger partial charge is 0.235 e. The molecule has 1 unspecified atom stereocenters. The maximum atomic E-state index is 10.2. The Bertz CT molecular complexity index is 76.0. The lowest BCUT2D eigenvalue weighted by molar-refractivity contribution is 0.189. The highest BCUT2D eigenvalue weighted by Crippen LogP contribution is 2.10. The molecule has 0 fully saturated rings. The van der Waals surface area contributed by atoms with Gasteiger partial charge in [0.1, 0.15) is 0 Å². The third kappa shape index (κ3) is 8.15. The molecular formula is C9H18ClO. The van der Waals surface area contributed by atoms with Crippen LogP contribution in [-0.2, 0) is 5.11 Å². The van der Waals surface area contributed by atoms with Crippen LogP contribution in [0.1, 0.15) is 45.4 Å². The van der Waals surface area contributed by atoms with E-state index in [1.807, 2.05) is 0 Å². The Morgan fingerprint density at radius 2 is 1.82 bits per heavy atom. The Morgan fingerprint density at radius 3 is 2.36 bits per heavy atom. The maximum Gasteiger partial charge on any atom is 0.0985 e. The van der Waals surface area contributed by atoms with Crippen LogP contribution in [0.4, 0.5) is 0 Å². The number of rotatable bonds is 7. The van der Waals surface area contributed by atoms with E-state index in [2.05, 4.69) is 6.92 Å². The summed E-state index contributed by atoms with van der Waals surface area (Å²) in [4.78, 5) is 0. The molecule has 1 atom stereocenters. The van der Waals surface area contributed by atoms with Crippen molar-refractivity contribution in [3.8, 4) is 0 Å². The minimum atomic E-state index is -0.130. The standard InChI is InChI=1S/C9H18ClO/c1-2-3-4-5-6-7-9(10)8-11/h9H,2-8H2,1H3. The van der Waals surface area contributed by atoms with Gasteiger partial charge in [-0.3, -0.25) is 0 Å². The van der Waals surface area contributed by atoms with Gasteiger partial charge in [0.25, 0.3) is 0 Å². The molecule has 1 nitrogen and oxygen atoms in total. The van der Waals surface area contributed by atoms with Crippen LogP contribution in [0.25, 0.3) is 0 Å². The molecule has 0 heterocycles. The molecule has 0 spiro atoms. The van der Waals surface area contributed by atoms with E-state index >= 15 is 0 Å². The summed E-state index contributed by atoms with van der Waals surface area (Å²) in [6.45, 7) is 2.07. The third-order valence-corrected chi connectivity index (χ3v) is 2.15. The molecule has 0 saturated heterocycles. The van der Waals surface area contributed by atoms with Gasteiger partial charge >= 0.3 is 0 Å². The van der Waals surface area contributed by atoms with Gasteiger partial charge in [0.05, 0.1) is 12.0 Å². The van der Waals surface area contributed by atoms with Gasteiger partial charge < -0.3 is 0 Å². The molecule has 0 aliphatic rings. The van der Waals surface area contributed by atoms with Crippen LogP contribution in [0.15, 0.2) is 0 Å². The first kappa shape index (κ1) is 11.2. The second kappa shape index (κ2) is 8.35. The molecule has 0 aromatic rings. The predicted octanol–water partition coefficient (Wildman–Crippen LogP) is 3.38. The Labute approximate surface area is 74.8 Å². The molecule has 0 aliphatic heterocycles. The van der Waals surface area contributed by atoms with Gasteiger partial charge in [-0.05, 0) is 6.42 Å². The van der Waals surface area contributed by atoms with Gasteiger partial charge in [-0.1, -0.05) is 39.0 Å². The Kier molecular flexibility index (Phi) is 8.54. The number of hydrogen-bond donors (Lipinski definition) is 0. The van der Waals surface area contributed by atoms with Crippen molar-refractivity contribution in [2.24, 2.45) is 0 Å². The van der Waals surface area contributed by atoms with Gasteiger partial charge in [-0.25, -0.2) is 5.11 Å². The molecule has 11 heavy (non-hydrogen) atoms. The van der Waals surface area contributed by atoms with Crippen molar-refractivity contribution in [1.29, 1.82) is 0 Å². The second-order valence-electron chi connectivity index (χ2n) is 2.97. The number of unbranched alkanes of at least 4 members (excludes halogenated alkanes) is 4. The minimum absolute atomic E-state index is 0.128. The van der Waals surface area contributed by atoms with E-state index in [0.717, 1.165) is 12.8 Å². The average molecular weight is 178 g/mol. The maximum absolute atomic E-state index is 10.2. The van der Waals surface area contributed by atoms with Crippen molar-refractivity contribution >= 4 is 11.6 Å². The first-order chi connectivity index (χ1) is 5.31. The van der Waals surface area contributed by atoms with Crippen molar-refractivity contribution in [3.63, 3.8) is 0 Å². The third-order valence-electron chi connectivity index (χ3n) is 1.80. The van der Waals surface area contributed by atoms with Crippen molar-refractivity contribution in [2.45, 2.75) is 50.8 Å². The molecular weight excluding hydrogens is 160 g/mol. The van der Waals surface area contributed by atoms with E-state index in [9.17, 15) is 5.11 Å². The van der Waals surface area contributed by atoms with Crippen molar-refractivity contribution in [2.75, 3.05) is 6.61 Å². The van der Waals surface area contributed by atoms with Gasteiger partial charge in [0.2, 0.25) is 0 Å². The zero-order valence-corrected chi connectivity index (χ0v) is 8.07. The fourth-order valence-corrected chi connectivity index (χ4v) is 1.21. The summed E-state index contributed by atoms with van der Waals surface area (Å²) in [7, 11) is 0. The lowest BCUT2D eigenvalue weighted by atomic mass is 10.1. The molecule has 0 N–H and O–H groups in total. The number of halogens is 1. The summed E-state index contributed by atoms with van der Waals surface area (Å²) in [6.07, 6.45) is 7.12. The molecule has 0 aliphatic carbocycles. The molecule has 0 amide bonds. The highest BCUT2D eigenvalue weighted by atomic mass is 35.5. The minimum Gasteiger partial charge on any atom is -0.235 e. The van der Waals surface area contributed by atoms with Gasteiger partial charge in [-0.15, -0.1) is 11.6 Å². The summed E-state index contributed by atoms with van der Waals surface area (Å²) in [6, 6.07) is 0. The molecule has 0 rings (SSSR count). The van der Waals surface area contributed by atoms with Crippen molar-refractivity contribution in [3.05, 3.63) is 0 Å². The van der Waals surface area contributed by atoms with Crippen LogP contribution in [0.2, 0.25) is 0 Å². The molecule has 0 aromatic carbocycles. The van der Waals surface area contributed by atoms with Crippen LogP contribution >= 0.6 is 11.6 Å². The normalized spacial score (nSPS) is 13.4. The fourth-order valence-electron chi connectivity index (χ4n) is 1.05. The number of hydrogen-bond acceptors (Lipinski definition) is 0. The lowest BCUT2D eigenvalue weighted by Gasteiger charge is -2.03. The Hall–Kier alpha value is 0.250. The van der Waals surface area contributed by atoms with E-state index < -0.39 is 0 Å². The number of alkyl halides is 1. The highest BCUT2D eigenvalue weighted by Gasteiger charge is 2.01. The molecule has 1 radical (unpaired) electrons. The molecule has 0 aromatic heterocycles. The summed E-state index contributed by atoms with van der Waals surface area (Å²) < 4.78 is 0. The van der Waals surface area contributed by atoms with Crippen molar-refractivity contribution in [1.82, 2.24) is 0 Å². The fraction of sp³-hybridized carbons (Fsp3) is 1.00. The van der Waals surface area contributed by atoms with Crippen LogP contribution in [0, 0.1) is 0 Å². The first-order valence-electron chi connectivity index (χ1n) is 4.53. The van der Waals surface area contributed by atoms with Gasteiger partial charge in [0, 0.05) is 0 Å². The topological polar surface area (TPSA) is 19.9 Å². The molecule has 2 heteroatoms. The lowest BCUT2D eigenvalue weighted by Crippen LogP contribution is -2.02. The van der Waals surface area contributed by atoms with Crippen LogP contribution in [-0.4, -0.2) is 12.0 Å². The summed E-state index contributed by atoms with van der Waals surface area (Å²) >= 11 is 5.67. The van der Waals surface area contributed by atoms with E-state index in [1.54, 1.807) is 0 Å². The van der Waals surface area contributed by atoms with Crippen LogP contribution in [0.5, 0.6) is 0 Å². The molecule has 67 valence electrons. The average Bonchev–Trinajstić information content (AvgIpc) is 2.04. The van der Waals surface area contributed by atoms with E-state index in [4.69, 9.17) is 11.6 Å². The molecule has 0 bridgehead atoms. The predicted molar refractivity (Wildman–Crippen MR) is 48.6 cm³/mol. The van der Waals surface area contributed by atoms with Gasteiger partial charge in [-0.2, -0.15) is 0 Å². The Balaban J connectivity index is 2.89. The second-order valence-corrected chi connectivity index (χ2v) is 3.58. The summed E-state index contributed by atoms with van der Waals surface area (Å²) in [5, 5.41) is 10.1. The smallest absolute Gasteiger partial charge is 0.0985 e. The van der Waals surface area contributed by atoms with Crippen molar-refractivity contribution < 1.29 is 5.11 Å². The summed E-state index contributed by atoms with van der Waals surface area (Å²) in [5.41, 5.74) is 0.